The second-order valence-corrected chi connectivity index (χ2v) is 5.50. The van der Waals surface area contributed by atoms with Crippen LogP contribution < -0.4 is 10.1 Å². The number of hydrogen-bond donors (Lipinski definition) is 1. The lowest BCUT2D eigenvalue weighted by atomic mass is 10.1. The molecule has 0 aromatic heterocycles. The van der Waals surface area contributed by atoms with Crippen molar-refractivity contribution in [3.05, 3.63) is 29.3 Å². The van der Waals surface area contributed by atoms with E-state index in [-0.39, 0.29) is 5.91 Å². The Morgan fingerprint density at radius 1 is 1.26 bits per heavy atom. The number of nitrogens with one attached hydrogen (secondary N) is 1. The fourth-order valence-corrected chi connectivity index (χ4v) is 1.71. The van der Waals surface area contributed by atoms with Gasteiger partial charge in [-0.1, -0.05) is 26.0 Å². The molecule has 1 atom stereocenters. The first kappa shape index (κ1) is 15.5. The van der Waals surface area contributed by atoms with Gasteiger partial charge in [-0.2, -0.15) is 0 Å². The Bertz CT molecular complexity index is 427. The second-order valence-electron chi connectivity index (χ2n) is 5.50. The Labute approximate surface area is 116 Å². The lowest BCUT2D eigenvalue weighted by Crippen LogP contribution is -2.37. The fraction of sp³-hybridized carbons (Fsp3) is 0.562. The van der Waals surface area contributed by atoms with Gasteiger partial charge in [0.25, 0.3) is 5.91 Å². The molecule has 0 aliphatic rings. The summed E-state index contributed by atoms with van der Waals surface area (Å²) in [6.07, 6.45) is 0.523. The van der Waals surface area contributed by atoms with Gasteiger partial charge in [0.2, 0.25) is 0 Å². The summed E-state index contributed by atoms with van der Waals surface area (Å²) in [6, 6.07) is 6.01. The van der Waals surface area contributed by atoms with Crippen LogP contribution in [0.15, 0.2) is 18.2 Å². The zero-order valence-corrected chi connectivity index (χ0v) is 12.6. The van der Waals surface area contributed by atoms with Gasteiger partial charge in [-0.15, -0.1) is 0 Å². The first-order chi connectivity index (χ1) is 8.90. The van der Waals surface area contributed by atoms with E-state index in [2.05, 4.69) is 19.2 Å². The summed E-state index contributed by atoms with van der Waals surface area (Å²) < 4.78 is 5.73. The molecule has 3 nitrogen and oxygen atoms in total. The molecule has 0 fully saturated rings. The first-order valence-corrected chi connectivity index (χ1v) is 6.91. The second kappa shape index (κ2) is 7.17. The van der Waals surface area contributed by atoms with Crippen molar-refractivity contribution >= 4 is 5.91 Å². The highest BCUT2D eigenvalue weighted by molar-refractivity contribution is 5.80. The summed E-state index contributed by atoms with van der Waals surface area (Å²) in [5, 5.41) is 2.90. The van der Waals surface area contributed by atoms with Gasteiger partial charge in [0.15, 0.2) is 6.10 Å². The molecule has 0 bridgehead atoms. The Hall–Kier alpha value is -1.51. The van der Waals surface area contributed by atoms with Crippen molar-refractivity contribution in [2.75, 3.05) is 6.54 Å². The molecule has 0 unspecified atom stereocenters. The van der Waals surface area contributed by atoms with Crippen molar-refractivity contribution in [1.82, 2.24) is 5.32 Å². The summed E-state index contributed by atoms with van der Waals surface area (Å²) in [5.74, 6) is 1.32. The van der Waals surface area contributed by atoms with Crippen LogP contribution in [-0.2, 0) is 4.79 Å². The predicted octanol–water partition coefficient (Wildman–Crippen LogP) is 3.23. The molecular formula is C16H25NO2. The average molecular weight is 263 g/mol. The molecule has 1 aromatic carbocycles. The molecule has 0 saturated carbocycles. The van der Waals surface area contributed by atoms with Crippen LogP contribution in [0.1, 0.15) is 38.3 Å². The number of amides is 1. The smallest absolute Gasteiger partial charge is 0.260 e. The standard InChI is InChI=1S/C16H25NO2/c1-11(2)8-9-17-16(18)14(5)19-15-10-12(3)6-7-13(15)4/h6-7,10-11,14H,8-9H2,1-5H3,(H,17,18)/t14-/m0/s1. The molecule has 1 N–H and O–H groups in total. The van der Waals surface area contributed by atoms with Crippen LogP contribution in [0.25, 0.3) is 0 Å². The Morgan fingerprint density at radius 2 is 1.95 bits per heavy atom. The minimum absolute atomic E-state index is 0.0541. The number of aryl methyl sites for hydroxylation is 2. The van der Waals surface area contributed by atoms with Crippen LogP contribution in [-0.4, -0.2) is 18.6 Å². The summed E-state index contributed by atoms with van der Waals surface area (Å²) in [7, 11) is 0. The molecule has 1 amide bonds. The van der Waals surface area contributed by atoms with Gasteiger partial charge in [-0.05, 0) is 50.3 Å². The molecule has 0 heterocycles. The third kappa shape index (κ3) is 5.33. The Morgan fingerprint density at radius 3 is 2.58 bits per heavy atom. The predicted molar refractivity (Wildman–Crippen MR) is 78.5 cm³/mol. The SMILES string of the molecule is Cc1ccc(C)c(O[C@@H](C)C(=O)NCCC(C)C)c1. The fourth-order valence-electron chi connectivity index (χ4n) is 1.71. The highest BCUT2D eigenvalue weighted by Crippen LogP contribution is 2.20. The minimum atomic E-state index is -0.465. The number of hydrogen-bond acceptors (Lipinski definition) is 2. The van der Waals surface area contributed by atoms with Gasteiger partial charge in [-0.3, -0.25) is 4.79 Å². The Kier molecular flexibility index (Phi) is 5.87. The molecule has 106 valence electrons. The number of carbonyl (C=O) groups is 1. The maximum atomic E-state index is 11.9. The summed E-state index contributed by atoms with van der Waals surface area (Å²) in [5.41, 5.74) is 2.18. The average Bonchev–Trinajstić information content (AvgIpc) is 2.33. The third-order valence-corrected chi connectivity index (χ3v) is 3.04. The molecule has 3 heteroatoms. The van der Waals surface area contributed by atoms with E-state index in [0.717, 1.165) is 23.3 Å². The van der Waals surface area contributed by atoms with Crippen LogP contribution in [0.3, 0.4) is 0 Å². The molecule has 0 radical (unpaired) electrons. The molecule has 0 spiro atoms. The zero-order chi connectivity index (χ0) is 14.4. The van der Waals surface area contributed by atoms with Crippen LogP contribution >= 0.6 is 0 Å². The number of benzene rings is 1. The van der Waals surface area contributed by atoms with Gasteiger partial charge in [-0.25, -0.2) is 0 Å². The maximum Gasteiger partial charge on any atom is 0.260 e. The van der Waals surface area contributed by atoms with E-state index in [9.17, 15) is 4.79 Å². The van der Waals surface area contributed by atoms with Crippen molar-refractivity contribution < 1.29 is 9.53 Å². The quantitative estimate of drug-likeness (QED) is 0.855. The van der Waals surface area contributed by atoms with Gasteiger partial charge in [0, 0.05) is 6.54 Å². The van der Waals surface area contributed by atoms with Gasteiger partial charge in [0.1, 0.15) is 5.75 Å². The van der Waals surface area contributed by atoms with Crippen LogP contribution in [0.4, 0.5) is 0 Å². The van der Waals surface area contributed by atoms with Crippen molar-refractivity contribution in [1.29, 1.82) is 0 Å². The number of ether oxygens (including phenoxy) is 1. The van der Waals surface area contributed by atoms with Gasteiger partial charge >= 0.3 is 0 Å². The van der Waals surface area contributed by atoms with Crippen molar-refractivity contribution in [3.63, 3.8) is 0 Å². The summed E-state index contributed by atoms with van der Waals surface area (Å²) in [6.45, 7) is 10.8. The van der Waals surface area contributed by atoms with Crippen LogP contribution in [0.5, 0.6) is 5.75 Å². The monoisotopic (exact) mass is 263 g/mol. The van der Waals surface area contributed by atoms with Gasteiger partial charge in [0.05, 0.1) is 0 Å². The summed E-state index contributed by atoms with van der Waals surface area (Å²) >= 11 is 0. The highest BCUT2D eigenvalue weighted by atomic mass is 16.5. The lowest BCUT2D eigenvalue weighted by molar-refractivity contribution is -0.127. The first-order valence-electron chi connectivity index (χ1n) is 6.91. The topological polar surface area (TPSA) is 38.3 Å². The van der Waals surface area contributed by atoms with E-state index in [0.29, 0.717) is 12.5 Å². The van der Waals surface area contributed by atoms with E-state index >= 15 is 0 Å². The van der Waals surface area contributed by atoms with Gasteiger partial charge < -0.3 is 10.1 Å². The summed E-state index contributed by atoms with van der Waals surface area (Å²) in [4.78, 5) is 11.9. The number of rotatable bonds is 6. The largest absolute Gasteiger partial charge is 0.481 e. The molecule has 0 aliphatic heterocycles. The zero-order valence-electron chi connectivity index (χ0n) is 12.6. The molecule has 1 rings (SSSR count). The van der Waals surface area contributed by atoms with Crippen LogP contribution in [0.2, 0.25) is 0 Å². The van der Waals surface area contributed by atoms with E-state index in [1.165, 1.54) is 0 Å². The van der Waals surface area contributed by atoms with E-state index in [4.69, 9.17) is 4.74 Å². The van der Waals surface area contributed by atoms with Crippen molar-refractivity contribution in [3.8, 4) is 5.75 Å². The third-order valence-electron chi connectivity index (χ3n) is 3.04. The van der Waals surface area contributed by atoms with E-state index in [1.807, 2.05) is 32.0 Å². The minimum Gasteiger partial charge on any atom is -0.481 e. The molecule has 0 saturated heterocycles. The van der Waals surface area contributed by atoms with Crippen molar-refractivity contribution in [2.45, 2.75) is 47.1 Å². The van der Waals surface area contributed by atoms with E-state index < -0.39 is 6.10 Å². The molecule has 1 aromatic rings. The maximum absolute atomic E-state index is 11.9. The normalized spacial score (nSPS) is 12.3. The van der Waals surface area contributed by atoms with Crippen LogP contribution in [0, 0.1) is 19.8 Å². The van der Waals surface area contributed by atoms with Crippen molar-refractivity contribution in [2.24, 2.45) is 5.92 Å². The number of carbonyl (C=O) groups excluding carboxylic acids is 1. The molecular weight excluding hydrogens is 238 g/mol. The molecule has 0 aliphatic carbocycles. The van der Waals surface area contributed by atoms with E-state index in [1.54, 1.807) is 6.92 Å². The lowest BCUT2D eigenvalue weighted by Gasteiger charge is -2.17. The Balaban J connectivity index is 2.51. The highest BCUT2D eigenvalue weighted by Gasteiger charge is 2.15. The molecule has 19 heavy (non-hydrogen) atoms.